The molecule has 0 fully saturated rings. The number of ether oxygens (including phenoxy) is 1. The quantitative estimate of drug-likeness (QED) is 0.361. The maximum atomic E-state index is 11.5. The van der Waals surface area contributed by atoms with Crippen molar-refractivity contribution in [1.82, 2.24) is 10.6 Å². The average molecular weight is 289 g/mol. The number of rotatable bonds is 6. The van der Waals surface area contributed by atoms with Gasteiger partial charge in [0.2, 0.25) is 0 Å². The van der Waals surface area contributed by atoms with E-state index in [0.717, 1.165) is 0 Å². The highest BCUT2D eigenvalue weighted by Crippen LogP contribution is 2.15. The van der Waals surface area contributed by atoms with Crippen molar-refractivity contribution in [3.05, 3.63) is 47.3 Å². The van der Waals surface area contributed by atoms with E-state index >= 15 is 0 Å². The summed E-state index contributed by atoms with van der Waals surface area (Å²) in [6.45, 7) is 1.93. The van der Waals surface area contributed by atoms with Gasteiger partial charge in [0, 0.05) is 18.1 Å². The van der Waals surface area contributed by atoms with Gasteiger partial charge in [-0.15, -0.1) is 0 Å². The van der Waals surface area contributed by atoms with Crippen LogP contribution in [-0.4, -0.2) is 16.8 Å². The third-order valence-electron chi connectivity index (χ3n) is 2.80. The second-order valence-corrected chi connectivity index (χ2v) is 4.24. The highest BCUT2D eigenvalue weighted by atomic mass is 16.5. The number of aromatic nitrogens is 1. The van der Waals surface area contributed by atoms with E-state index in [1.165, 1.54) is 6.07 Å². The van der Waals surface area contributed by atoms with Crippen LogP contribution in [0.3, 0.4) is 0 Å². The van der Waals surface area contributed by atoms with Gasteiger partial charge in [-0.2, -0.15) is 0 Å². The maximum Gasteiger partial charge on any atom is 0.287 e. The lowest BCUT2D eigenvalue weighted by Crippen LogP contribution is -2.30. The zero-order valence-electron chi connectivity index (χ0n) is 11.5. The Labute approximate surface area is 121 Å². The van der Waals surface area contributed by atoms with Crippen molar-refractivity contribution in [2.24, 2.45) is 5.84 Å². The number of amides is 1. The first kappa shape index (κ1) is 14.7. The van der Waals surface area contributed by atoms with Gasteiger partial charge in [-0.25, -0.2) is 5.84 Å². The fraction of sp³-hybridized carbons (Fsp3) is 0.214. The first-order valence-electron chi connectivity index (χ1n) is 6.36. The van der Waals surface area contributed by atoms with Crippen LogP contribution in [0.15, 0.2) is 34.9 Å². The molecule has 1 amide bonds. The van der Waals surface area contributed by atoms with Crippen LogP contribution in [0, 0.1) is 0 Å². The molecular formula is C14H15N3O4. The number of benzene rings is 1. The summed E-state index contributed by atoms with van der Waals surface area (Å²) >= 11 is 0. The molecule has 0 bridgehead atoms. The van der Waals surface area contributed by atoms with E-state index in [4.69, 9.17) is 15.1 Å². The minimum Gasteiger partial charge on any atom is -0.486 e. The van der Waals surface area contributed by atoms with E-state index in [2.05, 4.69) is 5.16 Å². The molecule has 0 radical (unpaired) electrons. The smallest absolute Gasteiger partial charge is 0.287 e. The molecule has 0 aliphatic heterocycles. The second kappa shape index (κ2) is 6.67. The Hall–Kier alpha value is -2.67. The van der Waals surface area contributed by atoms with E-state index in [1.54, 1.807) is 24.3 Å². The molecule has 1 aromatic heterocycles. The second-order valence-electron chi connectivity index (χ2n) is 4.24. The van der Waals surface area contributed by atoms with Crippen molar-refractivity contribution in [2.75, 3.05) is 0 Å². The predicted octanol–water partition coefficient (Wildman–Crippen LogP) is 1.45. The fourth-order valence-electron chi connectivity index (χ4n) is 1.66. The van der Waals surface area contributed by atoms with E-state index in [9.17, 15) is 9.59 Å². The highest BCUT2D eigenvalue weighted by Gasteiger charge is 2.11. The van der Waals surface area contributed by atoms with Gasteiger partial charge in [-0.3, -0.25) is 15.0 Å². The van der Waals surface area contributed by atoms with Crippen molar-refractivity contribution in [2.45, 2.75) is 20.0 Å². The van der Waals surface area contributed by atoms with E-state index < -0.39 is 5.91 Å². The van der Waals surface area contributed by atoms with Gasteiger partial charge in [0.05, 0.1) is 0 Å². The first-order valence-corrected chi connectivity index (χ1v) is 6.36. The van der Waals surface area contributed by atoms with Gasteiger partial charge < -0.3 is 9.26 Å². The third-order valence-corrected chi connectivity index (χ3v) is 2.80. The molecule has 3 N–H and O–H groups in total. The van der Waals surface area contributed by atoms with Crippen molar-refractivity contribution in [3.63, 3.8) is 0 Å². The highest BCUT2D eigenvalue weighted by molar-refractivity contribution is 5.95. The molecule has 7 heteroatoms. The number of hydrogen-bond donors (Lipinski definition) is 2. The topological polar surface area (TPSA) is 107 Å². The van der Waals surface area contributed by atoms with Crippen molar-refractivity contribution in [1.29, 1.82) is 0 Å². The lowest BCUT2D eigenvalue weighted by Gasteiger charge is -2.04. The summed E-state index contributed by atoms with van der Waals surface area (Å²) in [7, 11) is 0. The standard InChI is InChI=1S/C14H15N3O4/c1-2-13(18)9-3-5-10(6-4-9)20-8-11-7-12(17-21-11)14(19)16-15/h3-7H,2,8,15H2,1H3,(H,16,19). The average Bonchev–Trinajstić information content (AvgIpc) is 3.01. The SMILES string of the molecule is CCC(=O)c1ccc(OCc2cc(C(=O)NN)no2)cc1. The van der Waals surface area contributed by atoms with Crippen LogP contribution in [0.2, 0.25) is 0 Å². The number of nitrogen functional groups attached to an aromatic ring is 1. The van der Waals surface area contributed by atoms with Gasteiger partial charge in [0.1, 0.15) is 12.4 Å². The Balaban J connectivity index is 1.95. The van der Waals surface area contributed by atoms with Crippen LogP contribution in [0.4, 0.5) is 0 Å². The number of ketones is 1. The van der Waals surface area contributed by atoms with Crippen molar-refractivity contribution in [3.8, 4) is 5.75 Å². The monoisotopic (exact) mass is 289 g/mol. The molecular weight excluding hydrogens is 274 g/mol. The van der Waals surface area contributed by atoms with Gasteiger partial charge in [0.15, 0.2) is 17.2 Å². The van der Waals surface area contributed by atoms with E-state index in [1.807, 2.05) is 12.3 Å². The molecule has 7 nitrogen and oxygen atoms in total. The van der Waals surface area contributed by atoms with E-state index in [-0.39, 0.29) is 18.1 Å². The predicted molar refractivity (Wildman–Crippen MR) is 73.6 cm³/mol. The summed E-state index contributed by atoms with van der Waals surface area (Å²) in [4.78, 5) is 22.7. The molecule has 0 atom stereocenters. The molecule has 2 aromatic rings. The van der Waals surface area contributed by atoms with Crippen LogP contribution in [-0.2, 0) is 6.61 Å². The molecule has 0 saturated carbocycles. The molecule has 0 aliphatic rings. The van der Waals surface area contributed by atoms with E-state index in [0.29, 0.717) is 23.5 Å². The molecule has 21 heavy (non-hydrogen) atoms. The molecule has 1 heterocycles. The zero-order chi connectivity index (χ0) is 15.2. The lowest BCUT2D eigenvalue weighted by atomic mass is 10.1. The van der Waals surface area contributed by atoms with Crippen LogP contribution < -0.4 is 16.0 Å². The van der Waals surface area contributed by atoms with Crippen LogP contribution in [0.5, 0.6) is 5.75 Å². The Morgan fingerprint density at radius 3 is 2.67 bits per heavy atom. The minimum atomic E-state index is -0.535. The summed E-state index contributed by atoms with van der Waals surface area (Å²) < 4.78 is 10.4. The lowest BCUT2D eigenvalue weighted by molar-refractivity contribution is 0.0943. The first-order chi connectivity index (χ1) is 10.1. The van der Waals surface area contributed by atoms with Crippen LogP contribution >= 0.6 is 0 Å². The van der Waals surface area contributed by atoms with Crippen LogP contribution in [0.1, 0.15) is 40.0 Å². The normalized spacial score (nSPS) is 10.2. The number of hydrazine groups is 1. The number of nitrogens with two attached hydrogens (primary N) is 1. The maximum absolute atomic E-state index is 11.5. The number of Topliss-reactive ketones (excluding diaryl/α,β-unsaturated/α-hetero) is 1. The summed E-state index contributed by atoms with van der Waals surface area (Å²) in [5, 5.41) is 3.56. The Morgan fingerprint density at radius 1 is 1.33 bits per heavy atom. The Morgan fingerprint density at radius 2 is 2.05 bits per heavy atom. The summed E-state index contributed by atoms with van der Waals surface area (Å²) in [6, 6.07) is 8.25. The van der Waals surface area contributed by atoms with Gasteiger partial charge in [-0.05, 0) is 24.3 Å². The zero-order valence-corrected chi connectivity index (χ0v) is 11.5. The molecule has 110 valence electrons. The van der Waals surface area contributed by atoms with Crippen molar-refractivity contribution >= 4 is 11.7 Å². The number of nitrogens with zero attached hydrogens (tertiary/aromatic N) is 1. The van der Waals surface area contributed by atoms with Crippen LogP contribution in [0.25, 0.3) is 0 Å². The molecule has 0 spiro atoms. The number of hydrogen-bond acceptors (Lipinski definition) is 6. The van der Waals surface area contributed by atoms with Gasteiger partial charge in [-0.1, -0.05) is 12.1 Å². The molecule has 0 saturated heterocycles. The summed E-state index contributed by atoms with van der Waals surface area (Å²) in [6.07, 6.45) is 0.463. The van der Waals surface area contributed by atoms with Gasteiger partial charge >= 0.3 is 0 Å². The Bertz CT molecular complexity index is 634. The molecule has 0 unspecified atom stereocenters. The minimum absolute atomic E-state index is 0.0780. The van der Waals surface area contributed by atoms with Crippen molar-refractivity contribution < 1.29 is 18.8 Å². The largest absolute Gasteiger partial charge is 0.486 e. The third kappa shape index (κ3) is 3.67. The summed E-state index contributed by atoms with van der Waals surface area (Å²) in [5.74, 6) is 5.51. The molecule has 2 rings (SSSR count). The molecule has 1 aromatic carbocycles. The fourth-order valence-corrected chi connectivity index (χ4v) is 1.66. The number of nitrogens with one attached hydrogen (secondary N) is 1. The summed E-state index contributed by atoms with van der Waals surface area (Å²) in [5.41, 5.74) is 2.68. The van der Waals surface area contributed by atoms with Gasteiger partial charge in [0.25, 0.3) is 5.91 Å². The molecule has 0 aliphatic carbocycles. The Kier molecular flexibility index (Phi) is 4.68. The number of carbonyl (C=O) groups excluding carboxylic acids is 2. The number of carbonyl (C=O) groups is 2.